The van der Waals surface area contributed by atoms with E-state index in [0.29, 0.717) is 17.7 Å². The highest BCUT2D eigenvalue weighted by Crippen LogP contribution is 2.41. The number of nitrogens with zero attached hydrogens (tertiary/aromatic N) is 1. The standard InChI is InChI=1S/C14H15F5NO6S3/c15-13(16,17)28(23,24)20-29(25,26)14(18,19)27(21,22)12-8-6-11(7-9-12)10-4-2-1-3-5-10/h6-10H,1-5H2/q-1. The average Bonchev–Trinajstić information content (AvgIpc) is 2.60. The lowest BCUT2D eigenvalue weighted by atomic mass is 9.84. The van der Waals surface area contributed by atoms with Gasteiger partial charge in [0.25, 0.3) is 9.84 Å². The molecule has 1 saturated carbocycles. The predicted octanol–water partition coefficient (Wildman–Crippen LogP) is 3.61. The minimum atomic E-state index is -6.94. The van der Waals surface area contributed by atoms with Crippen molar-refractivity contribution in [3.63, 3.8) is 0 Å². The first-order valence-corrected chi connectivity index (χ1v) is 12.4. The van der Waals surface area contributed by atoms with Crippen molar-refractivity contribution in [2.24, 2.45) is 0 Å². The van der Waals surface area contributed by atoms with Crippen LogP contribution in [0.25, 0.3) is 4.13 Å². The smallest absolute Gasteiger partial charge is 0.422 e. The molecule has 1 aliphatic carbocycles. The van der Waals surface area contributed by atoms with Crippen molar-refractivity contribution in [2.45, 2.75) is 53.0 Å². The fourth-order valence-corrected chi connectivity index (χ4v) is 7.00. The van der Waals surface area contributed by atoms with E-state index in [9.17, 15) is 47.2 Å². The van der Waals surface area contributed by atoms with E-state index in [1.807, 2.05) is 0 Å². The fourth-order valence-electron chi connectivity index (χ4n) is 2.85. The zero-order chi connectivity index (χ0) is 22.3. The van der Waals surface area contributed by atoms with E-state index >= 15 is 0 Å². The molecule has 1 aliphatic rings. The summed E-state index contributed by atoms with van der Waals surface area (Å²) < 4.78 is 129. The van der Waals surface area contributed by atoms with E-state index in [1.165, 1.54) is 12.1 Å². The molecule has 2 rings (SSSR count). The van der Waals surface area contributed by atoms with Gasteiger partial charge in [-0.25, -0.2) is 25.3 Å². The van der Waals surface area contributed by atoms with Crippen LogP contribution < -0.4 is 0 Å². The molecule has 7 nitrogen and oxygen atoms in total. The van der Waals surface area contributed by atoms with Crippen molar-refractivity contribution in [1.82, 2.24) is 0 Å². The third-order valence-electron chi connectivity index (χ3n) is 4.37. The first-order chi connectivity index (χ1) is 13.0. The molecule has 0 aliphatic heterocycles. The minimum absolute atomic E-state index is 0.0664. The van der Waals surface area contributed by atoms with Crippen LogP contribution in [0, 0.1) is 0 Å². The first-order valence-electron chi connectivity index (χ1n) is 8.05. The van der Waals surface area contributed by atoms with E-state index in [2.05, 4.69) is 0 Å². The molecule has 166 valence electrons. The van der Waals surface area contributed by atoms with Crippen LogP contribution in [0.15, 0.2) is 29.2 Å². The fraction of sp³-hybridized carbons (Fsp3) is 0.571. The molecule has 1 aromatic carbocycles. The number of rotatable bonds is 6. The monoisotopic (exact) mass is 484 g/mol. The van der Waals surface area contributed by atoms with Crippen molar-refractivity contribution < 1.29 is 47.2 Å². The number of halogens is 5. The van der Waals surface area contributed by atoms with Crippen LogP contribution in [0.4, 0.5) is 22.0 Å². The van der Waals surface area contributed by atoms with Crippen molar-refractivity contribution in [3.8, 4) is 0 Å². The summed E-state index contributed by atoms with van der Waals surface area (Å²) in [6.45, 7) is 0. The summed E-state index contributed by atoms with van der Waals surface area (Å²) in [6.07, 6.45) is 4.47. The van der Waals surface area contributed by atoms with Crippen LogP contribution in [-0.2, 0) is 29.9 Å². The highest BCUT2D eigenvalue weighted by Gasteiger charge is 2.56. The van der Waals surface area contributed by atoms with Gasteiger partial charge in [-0.1, -0.05) is 31.4 Å². The second kappa shape index (κ2) is 7.74. The van der Waals surface area contributed by atoms with Gasteiger partial charge in [0.2, 0.25) is 0 Å². The number of benzene rings is 1. The van der Waals surface area contributed by atoms with Crippen LogP contribution in [0.1, 0.15) is 43.6 Å². The maximum atomic E-state index is 14.1. The average molecular weight is 484 g/mol. The molecule has 0 amide bonds. The van der Waals surface area contributed by atoms with Crippen LogP contribution >= 0.6 is 0 Å². The van der Waals surface area contributed by atoms with Gasteiger partial charge in [0.15, 0.2) is 20.0 Å². The van der Waals surface area contributed by atoms with Crippen LogP contribution in [-0.4, -0.2) is 35.3 Å². The molecule has 0 unspecified atom stereocenters. The Morgan fingerprint density at radius 1 is 0.759 bits per heavy atom. The number of hydrogen-bond donors (Lipinski definition) is 0. The van der Waals surface area contributed by atoms with Gasteiger partial charge in [-0.05, 0) is 36.5 Å². The molecule has 1 aromatic rings. The highest BCUT2D eigenvalue weighted by molar-refractivity contribution is 8.19. The molecular weight excluding hydrogens is 469 g/mol. The SMILES string of the molecule is O=S(=O)([N-]S(=O)(=O)C(F)(F)S(=O)(=O)c1ccc(C2CCCCC2)cc1)C(F)(F)F. The van der Waals surface area contributed by atoms with Crippen molar-refractivity contribution in [1.29, 1.82) is 0 Å². The van der Waals surface area contributed by atoms with E-state index in [4.69, 9.17) is 0 Å². The van der Waals surface area contributed by atoms with Crippen LogP contribution in [0.5, 0.6) is 0 Å². The van der Waals surface area contributed by atoms with Gasteiger partial charge >= 0.3 is 10.1 Å². The summed E-state index contributed by atoms with van der Waals surface area (Å²) >= 11 is 0. The summed E-state index contributed by atoms with van der Waals surface area (Å²) in [5.41, 5.74) is -5.67. The van der Waals surface area contributed by atoms with E-state index in [-0.39, 0.29) is 5.92 Å². The number of sulfone groups is 1. The Hall–Kier alpha value is -1.32. The molecule has 0 aromatic heterocycles. The number of sulfonamides is 2. The first kappa shape index (κ1) is 24.0. The van der Waals surface area contributed by atoms with Crippen molar-refractivity contribution in [3.05, 3.63) is 34.0 Å². The van der Waals surface area contributed by atoms with Gasteiger partial charge in [-0.2, -0.15) is 22.0 Å². The lowest BCUT2D eigenvalue weighted by Crippen LogP contribution is -2.39. The van der Waals surface area contributed by atoms with E-state index < -0.39 is 44.9 Å². The Bertz CT molecular complexity index is 1060. The summed E-state index contributed by atoms with van der Waals surface area (Å²) in [5.74, 6) is 0.0664. The minimum Gasteiger partial charge on any atom is -0.422 e. The maximum Gasteiger partial charge on any atom is 0.480 e. The van der Waals surface area contributed by atoms with Gasteiger partial charge < -0.3 is 4.13 Å². The summed E-state index contributed by atoms with van der Waals surface area (Å²) in [6, 6.07) is 3.80. The van der Waals surface area contributed by atoms with E-state index in [0.717, 1.165) is 36.2 Å². The van der Waals surface area contributed by atoms with Crippen molar-refractivity contribution >= 4 is 29.9 Å². The summed E-state index contributed by atoms with van der Waals surface area (Å²) in [7, 11) is -20.0. The quantitative estimate of drug-likeness (QED) is 0.570. The molecule has 0 bridgehead atoms. The molecule has 0 radical (unpaired) electrons. The van der Waals surface area contributed by atoms with Gasteiger partial charge in [-0.3, -0.25) is 0 Å². The zero-order valence-corrected chi connectivity index (χ0v) is 16.9. The van der Waals surface area contributed by atoms with Crippen molar-refractivity contribution in [2.75, 3.05) is 0 Å². The second-order valence-corrected chi connectivity index (χ2v) is 12.1. The predicted molar refractivity (Wildman–Crippen MR) is 91.7 cm³/mol. The Morgan fingerprint density at radius 2 is 1.24 bits per heavy atom. The molecule has 0 saturated heterocycles. The molecule has 0 spiro atoms. The van der Waals surface area contributed by atoms with Gasteiger partial charge in [0.05, 0.1) is 4.90 Å². The topological polar surface area (TPSA) is 117 Å². The van der Waals surface area contributed by atoms with Gasteiger partial charge in [0, 0.05) is 0 Å². The number of hydrogen-bond acceptors (Lipinski definition) is 6. The lowest BCUT2D eigenvalue weighted by Gasteiger charge is -2.27. The third-order valence-corrected chi connectivity index (χ3v) is 9.93. The maximum absolute atomic E-state index is 14.1. The van der Waals surface area contributed by atoms with Gasteiger partial charge in [0.1, 0.15) is 0 Å². The Balaban J connectivity index is 2.37. The summed E-state index contributed by atoms with van der Waals surface area (Å²) in [5, 5.41) is 0. The second-order valence-electron chi connectivity index (χ2n) is 6.34. The molecule has 0 N–H and O–H groups in total. The third kappa shape index (κ3) is 4.56. The van der Waals surface area contributed by atoms with Crippen LogP contribution in [0.3, 0.4) is 0 Å². The van der Waals surface area contributed by atoms with E-state index in [1.54, 1.807) is 0 Å². The van der Waals surface area contributed by atoms with Crippen LogP contribution in [0.2, 0.25) is 0 Å². The normalized spacial score (nSPS) is 18.0. The Kier molecular flexibility index (Phi) is 6.39. The molecular formula is C14H15F5NO6S3-. The van der Waals surface area contributed by atoms with Gasteiger partial charge in [-0.15, -0.1) is 0 Å². The zero-order valence-electron chi connectivity index (χ0n) is 14.4. The molecule has 0 atom stereocenters. The summed E-state index contributed by atoms with van der Waals surface area (Å²) in [4.78, 5) is -1.20. The Morgan fingerprint density at radius 3 is 1.69 bits per heavy atom. The Labute approximate surface area is 164 Å². The molecule has 29 heavy (non-hydrogen) atoms. The lowest BCUT2D eigenvalue weighted by molar-refractivity contribution is -0.0425. The largest absolute Gasteiger partial charge is 0.480 e. The molecule has 15 heteroatoms. The number of alkyl halides is 5. The molecule has 1 fully saturated rings. The highest BCUT2D eigenvalue weighted by atomic mass is 32.3. The molecule has 0 heterocycles.